The van der Waals surface area contributed by atoms with Gasteiger partial charge in [0.1, 0.15) is 0 Å². The molecule has 1 aromatic heterocycles. The Bertz CT molecular complexity index is 1030. The third-order valence-electron chi connectivity index (χ3n) is 5.01. The smallest absolute Gasteiger partial charge is 0.413 e. The molecule has 1 fully saturated rings. The predicted molar refractivity (Wildman–Crippen MR) is 108 cm³/mol. The molecule has 0 spiro atoms. The van der Waals surface area contributed by atoms with Crippen LogP contribution in [0.25, 0.3) is 11.5 Å². The first-order valence-corrected chi connectivity index (χ1v) is 10.1. The van der Waals surface area contributed by atoms with Gasteiger partial charge in [-0.3, -0.25) is 0 Å². The number of aromatic nitrogens is 2. The molecule has 0 aliphatic carbocycles. The van der Waals surface area contributed by atoms with Crippen molar-refractivity contribution in [3.05, 3.63) is 71.6 Å². The van der Waals surface area contributed by atoms with Gasteiger partial charge < -0.3 is 19.0 Å². The molecule has 0 unspecified atom stereocenters. The van der Waals surface area contributed by atoms with Crippen molar-refractivity contribution in [2.24, 2.45) is 0 Å². The standard InChI is InChI=1S/C22H21F3N4O3/c23-22(24,25)20-27-26-19(32-20)18-8-6-17(7-9-18)15-29(14-16-4-2-1-3-5-16)21(30)28-10-12-31-13-11-28/h1-9H,10-15H2. The maximum Gasteiger partial charge on any atom is 0.470 e. The van der Waals surface area contributed by atoms with Gasteiger partial charge in [0.2, 0.25) is 5.89 Å². The minimum Gasteiger partial charge on any atom is -0.413 e. The first-order chi connectivity index (χ1) is 15.4. The van der Waals surface area contributed by atoms with Gasteiger partial charge in [-0.25, -0.2) is 4.79 Å². The maximum absolute atomic E-state index is 13.1. The first-order valence-electron chi connectivity index (χ1n) is 10.1. The highest BCUT2D eigenvalue weighted by Crippen LogP contribution is 2.30. The molecule has 1 aliphatic heterocycles. The lowest BCUT2D eigenvalue weighted by atomic mass is 10.1. The molecule has 0 saturated carbocycles. The monoisotopic (exact) mass is 446 g/mol. The fourth-order valence-electron chi connectivity index (χ4n) is 3.38. The third kappa shape index (κ3) is 5.25. The van der Waals surface area contributed by atoms with Crippen molar-refractivity contribution in [1.82, 2.24) is 20.0 Å². The maximum atomic E-state index is 13.1. The van der Waals surface area contributed by atoms with Gasteiger partial charge in [-0.2, -0.15) is 13.2 Å². The first kappa shape index (κ1) is 21.8. The van der Waals surface area contributed by atoms with Crippen LogP contribution in [0.5, 0.6) is 0 Å². The van der Waals surface area contributed by atoms with Crippen molar-refractivity contribution in [3.63, 3.8) is 0 Å². The topological polar surface area (TPSA) is 71.7 Å². The van der Waals surface area contributed by atoms with E-state index in [2.05, 4.69) is 10.2 Å². The average molecular weight is 446 g/mol. The molecule has 0 radical (unpaired) electrons. The Labute approximate surface area is 182 Å². The van der Waals surface area contributed by atoms with Crippen LogP contribution in [0.1, 0.15) is 17.0 Å². The molecule has 1 aliphatic rings. The summed E-state index contributed by atoms with van der Waals surface area (Å²) < 4.78 is 48.1. The highest BCUT2D eigenvalue weighted by atomic mass is 19.4. The molecule has 2 amide bonds. The van der Waals surface area contributed by atoms with E-state index in [9.17, 15) is 18.0 Å². The Morgan fingerprint density at radius 2 is 1.56 bits per heavy atom. The Morgan fingerprint density at radius 1 is 0.938 bits per heavy atom. The van der Waals surface area contributed by atoms with Crippen molar-refractivity contribution in [2.45, 2.75) is 19.3 Å². The van der Waals surface area contributed by atoms with Crippen molar-refractivity contribution in [3.8, 4) is 11.5 Å². The normalized spacial score (nSPS) is 14.4. The summed E-state index contributed by atoms with van der Waals surface area (Å²) in [6, 6.07) is 16.2. The van der Waals surface area contributed by atoms with Crippen LogP contribution in [-0.2, 0) is 24.0 Å². The molecule has 4 rings (SSSR count). The quantitative estimate of drug-likeness (QED) is 0.587. The number of morpholine rings is 1. The van der Waals surface area contributed by atoms with Crippen LogP contribution in [0.3, 0.4) is 0 Å². The van der Waals surface area contributed by atoms with E-state index in [1.165, 1.54) is 0 Å². The summed E-state index contributed by atoms with van der Waals surface area (Å²) >= 11 is 0. The fourth-order valence-corrected chi connectivity index (χ4v) is 3.38. The average Bonchev–Trinajstić information content (AvgIpc) is 3.31. The van der Waals surface area contributed by atoms with Crippen molar-refractivity contribution in [2.75, 3.05) is 26.3 Å². The number of rotatable bonds is 5. The number of carbonyl (C=O) groups excluding carboxylic acids is 1. The van der Waals surface area contributed by atoms with Crippen molar-refractivity contribution < 1.29 is 27.1 Å². The zero-order chi connectivity index (χ0) is 22.6. The van der Waals surface area contributed by atoms with Gasteiger partial charge in [0, 0.05) is 31.7 Å². The second kappa shape index (κ2) is 9.39. The molecule has 0 bridgehead atoms. The zero-order valence-corrected chi connectivity index (χ0v) is 17.1. The second-order valence-electron chi connectivity index (χ2n) is 7.33. The number of alkyl halides is 3. The summed E-state index contributed by atoms with van der Waals surface area (Å²) in [7, 11) is 0. The zero-order valence-electron chi connectivity index (χ0n) is 17.1. The van der Waals surface area contributed by atoms with E-state index in [4.69, 9.17) is 9.15 Å². The van der Waals surface area contributed by atoms with E-state index in [0.717, 1.165) is 11.1 Å². The molecular formula is C22H21F3N4O3. The van der Waals surface area contributed by atoms with Crippen LogP contribution in [0.15, 0.2) is 59.0 Å². The highest BCUT2D eigenvalue weighted by molar-refractivity contribution is 5.74. The predicted octanol–water partition coefficient (Wildman–Crippen LogP) is 4.21. The lowest BCUT2D eigenvalue weighted by Gasteiger charge is -2.33. The lowest BCUT2D eigenvalue weighted by molar-refractivity contribution is -0.156. The molecule has 168 valence electrons. The van der Waals surface area contributed by atoms with Gasteiger partial charge in [0.25, 0.3) is 0 Å². The Balaban J connectivity index is 1.51. The molecule has 7 nitrogen and oxygen atoms in total. The number of urea groups is 1. The van der Waals surface area contributed by atoms with Gasteiger partial charge in [-0.15, -0.1) is 10.2 Å². The van der Waals surface area contributed by atoms with Crippen LogP contribution < -0.4 is 0 Å². The van der Waals surface area contributed by atoms with E-state index in [0.29, 0.717) is 45.0 Å². The van der Waals surface area contributed by atoms with E-state index >= 15 is 0 Å². The van der Waals surface area contributed by atoms with Crippen LogP contribution in [0, 0.1) is 0 Å². The summed E-state index contributed by atoms with van der Waals surface area (Å²) in [5.41, 5.74) is 2.18. The van der Waals surface area contributed by atoms with Gasteiger partial charge in [0.15, 0.2) is 0 Å². The molecular weight excluding hydrogens is 425 g/mol. The van der Waals surface area contributed by atoms with Crippen LogP contribution >= 0.6 is 0 Å². The largest absolute Gasteiger partial charge is 0.470 e. The number of carbonyl (C=O) groups is 1. The number of hydrogen-bond donors (Lipinski definition) is 0. The van der Waals surface area contributed by atoms with E-state index in [1.807, 2.05) is 30.3 Å². The highest BCUT2D eigenvalue weighted by Gasteiger charge is 2.38. The molecule has 10 heteroatoms. The van der Waals surface area contributed by atoms with Crippen molar-refractivity contribution in [1.29, 1.82) is 0 Å². The molecule has 32 heavy (non-hydrogen) atoms. The van der Waals surface area contributed by atoms with Gasteiger partial charge in [-0.05, 0) is 23.3 Å². The van der Waals surface area contributed by atoms with E-state index in [1.54, 1.807) is 34.1 Å². The fraction of sp³-hybridized carbons (Fsp3) is 0.318. The van der Waals surface area contributed by atoms with Gasteiger partial charge in [0.05, 0.1) is 13.2 Å². The Morgan fingerprint density at radius 3 is 2.16 bits per heavy atom. The number of nitrogens with zero attached hydrogens (tertiary/aromatic N) is 4. The molecule has 3 aromatic rings. The van der Waals surface area contributed by atoms with Gasteiger partial charge >= 0.3 is 18.1 Å². The number of halogens is 3. The molecule has 2 aromatic carbocycles. The number of benzene rings is 2. The van der Waals surface area contributed by atoms with Gasteiger partial charge in [-0.1, -0.05) is 42.5 Å². The lowest BCUT2D eigenvalue weighted by Crippen LogP contribution is -2.47. The molecule has 0 atom stereocenters. The van der Waals surface area contributed by atoms with E-state index in [-0.39, 0.29) is 11.9 Å². The van der Waals surface area contributed by atoms with E-state index < -0.39 is 12.1 Å². The van der Waals surface area contributed by atoms with Crippen molar-refractivity contribution >= 4 is 6.03 Å². The number of hydrogen-bond acceptors (Lipinski definition) is 5. The minimum atomic E-state index is -4.69. The summed E-state index contributed by atoms with van der Waals surface area (Å²) in [6.07, 6.45) is -4.69. The SMILES string of the molecule is O=C(N1CCOCC1)N(Cc1ccccc1)Cc1ccc(-c2nnc(C(F)(F)F)o2)cc1. The molecule has 0 N–H and O–H groups in total. The number of amides is 2. The molecule has 1 saturated heterocycles. The summed E-state index contributed by atoms with van der Waals surface area (Å²) in [4.78, 5) is 16.7. The Hall–Kier alpha value is -3.40. The van der Waals surface area contributed by atoms with Crippen LogP contribution in [-0.4, -0.2) is 52.3 Å². The third-order valence-corrected chi connectivity index (χ3v) is 5.01. The van der Waals surface area contributed by atoms with Crippen LogP contribution in [0.4, 0.5) is 18.0 Å². The minimum absolute atomic E-state index is 0.0899. The summed E-state index contributed by atoms with van der Waals surface area (Å²) in [5, 5.41) is 6.52. The second-order valence-corrected chi connectivity index (χ2v) is 7.33. The molecule has 2 heterocycles. The Kier molecular flexibility index (Phi) is 6.40. The summed E-state index contributed by atoms with van der Waals surface area (Å²) in [6.45, 7) is 2.83. The van der Waals surface area contributed by atoms with Crippen LogP contribution in [0.2, 0.25) is 0 Å². The number of ether oxygens (including phenoxy) is 1. The summed E-state index contributed by atoms with van der Waals surface area (Å²) in [5.74, 6) is -1.60.